The fourth-order valence-corrected chi connectivity index (χ4v) is 6.74. The van der Waals surface area contributed by atoms with Gasteiger partial charge < -0.3 is 8.83 Å². The maximum absolute atomic E-state index is 6.57. The second-order valence-electron chi connectivity index (χ2n) is 11.3. The van der Waals surface area contributed by atoms with E-state index in [0.29, 0.717) is 0 Å². The molecule has 9 rings (SSSR count). The van der Waals surface area contributed by atoms with E-state index < -0.39 is 0 Å². The van der Waals surface area contributed by atoms with Crippen LogP contribution in [0.2, 0.25) is 0 Å². The summed E-state index contributed by atoms with van der Waals surface area (Å²) in [5, 5.41) is 4.47. The largest absolute Gasteiger partial charge is 0.456 e. The van der Waals surface area contributed by atoms with E-state index in [2.05, 4.69) is 132 Å². The number of imidazole rings is 1. The Morgan fingerprint density at radius 2 is 1.26 bits per heavy atom. The van der Waals surface area contributed by atoms with Gasteiger partial charge in [-0.1, -0.05) is 78.9 Å². The molecule has 6 aromatic carbocycles. The normalized spacial score (nSPS) is 12.0. The molecule has 204 valence electrons. The SMILES string of the molecule is Cc1ccc2c(oc3ccccc32)c1-c1n(-c2ccc3c(c2)oc2cc(-c4ccccc4)ccc23)c2ccccc2[n+]1C. The van der Waals surface area contributed by atoms with Crippen LogP contribution < -0.4 is 4.57 Å². The molecule has 0 saturated heterocycles. The monoisotopic (exact) mass is 555 g/mol. The third-order valence-corrected chi connectivity index (χ3v) is 8.81. The van der Waals surface area contributed by atoms with Crippen molar-refractivity contribution in [2.45, 2.75) is 6.92 Å². The summed E-state index contributed by atoms with van der Waals surface area (Å²) in [7, 11) is 2.14. The van der Waals surface area contributed by atoms with E-state index in [-0.39, 0.29) is 0 Å². The van der Waals surface area contributed by atoms with Crippen molar-refractivity contribution in [1.29, 1.82) is 0 Å². The zero-order chi connectivity index (χ0) is 28.7. The lowest BCUT2D eigenvalue weighted by atomic mass is 10.0. The molecule has 0 N–H and O–H groups in total. The maximum atomic E-state index is 6.57. The summed E-state index contributed by atoms with van der Waals surface area (Å²) in [4.78, 5) is 0. The molecule has 0 radical (unpaired) electrons. The highest BCUT2D eigenvalue weighted by atomic mass is 16.3. The third kappa shape index (κ3) is 3.47. The average Bonchev–Trinajstić information content (AvgIpc) is 3.70. The predicted octanol–water partition coefficient (Wildman–Crippen LogP) is 9.90. The van der Waals surface area contributed by atoms with E-state index >= 15 is 0 Å². The maximum Gasteiger partial charge on any atom is 0.298 e. The van der Waals surface area contributed by atoms with E-state index in [1.165, 1.54) is 5.56 Å². The van der Waals surface area contributed by atoms with Crippen LogP contribution in [0.25, 0.3) is 83.1 Å². The van der Waals surface area contributed by atoms with E-state index in [0.717, 1.165) is 83.1 Å². The van der Waals surface area contributed by atoms with Gasteiger partial charge >= 0.3 is 0 Å². The minimum Gasteiger partial charge on any atom is -0.456 e. The van der Waals surface area contributed by atoms with Crippen molar-refractivity contribution >= 4 is 54.9 Å². The smallest absolute Gasteiger partial charge is 0.298 e. The molecule has 3 aromatic heterocycles. The van der Waals surface area contributed by atoms with Gasteiger partial charge in [0.2, 0.25) is 0 Å². The predicted molar refractivity (Wildman–Crippen MR) is 175 cm³/mol. The summed E-state index contributed by atoms with van der Waals surface area (Å²) in [6.07, 6.45) is 0. The highest BCUT2D eigenvalue weighted by molar-refractivity contribution is 6.10. The quantitative estimate of drug-likeness (QED) is 0.203. The van der Waals surface area contributed by atoms with Crippen LogP contribution in [0.3, 0.4) is 0 Å². The number of hydrogen-bond donors (Lipinski definition) is 0. The molecule has 4 heteroatoms. The Hall–Kier alpha value is -5.61. The zero-order valence-electron chi connectivity index (χ0n) is 23.8. The van der Waals surface area contributed by atoms with Crippen molar-refractivity contribution in [3.8, 4) is 28.2 Å². The third-order valence-electron chi connectivity index (χ3n) is 8.81. The van der Waals surface area contributed by atoms with Crippen molar-refractivity contribution < 1.29 is 13.4 Å². The van der Waals surface area contributed by atoms with Gasteiger partial charge in [-0.15, -0.1) is 0 Å². The van der Waals surface area contributed by atoms with Crippen LogP contribution in [-0.2, 0) is 7.05 Å². The van der Waals surface area contributed by atoms with Crippen molar-refractivity contribution in [1.82, 2.24) is 4.57 Å². The van der Waals surface area contributed by atoms with E-state index in [4.69, 9.17) is 8.83 Å². The van der Waals surface area contributed by atoms with E-state index in [9.17, 15) is 0 Å². The minimum absolute atomic E-state index is 0.864. The van der Waals surface area contributed by atoms with Gasteiger partial charge in [-0.2, -0.15) is 4.57 Å². The lowest BCUT2D eigenvalue weighted by molar-refractivity contribution is -0.633. The van der Waals surface area contributed by atoms with Gasteiger partial charge in [-0.3, -0.25) is 0 Å². The minimum atomic E-state index is 0.864. The van der Waals surface area contributed by atoms with Crippen molar-refractivity contribution in [3.05, 3.63) is 133 Å². The first-order valence-corrected chi connectivity index (χ1v) is 14.6. The van der Waals surface area contributed by atoms with Crippen LogP contribution in [0.15, 0.2) is 136 Å². The summed E-state index contributed by atoms with van der Waals surface area (Å²) in [5.74, 6) is 1.06. The summed E-state index contributed by atoms with van der Waals surface area (Å²) in [6.45, 7) is 2.16. The summed E-state index contributed by atoms with van der Waals surface area (Å²) >= 11 is 0. The lowest BCUT2D eigenvalue weighted by Gasteiger charge is -2.07. The molecule has 0 atom stereocenters. The number of para-hydroxylation sites is 3. The van der Waals surface area contributed by atoms with Gasteiger partial charge in [0.15, 0.2) is 16.6 Å². The summed E-state index contributed by atoms with van der Waals surface area (Å²) in [6, 6.07) is 44.7. The van der Waals surface area contributed by atoms with Crippen LogP contribution in [-0.4, -0.2) is 4.57 Å². The number of nitrogens with zero attached hydrogens (tertiary/aromatic N) is 2. The van der Waals surface area contributed by atoms with Crippen LogP contribution in [0.4, 0.5) is 0 Å². The Morgan fingerprint density at radius 1 is 0.558 bits per heavy atom. The van der Waals surface area contributed by atoms with Gasteiger partial charge in [0.1, 0.15) is 28.0 Å². The molecule has 0 amide bonds. The average molecular weight is 556 g/mol. The highest BCUT2D eigenvalue weighted by Crippen LogP contribution is 2.40. The number of fused-ring (bicyclic) bond motifs is 7. The molecule has 3 heterocycles. The van der Waals surface area contributed by atoms with Gasteiger partial charge in [0.05, 0.1) is 7.05 Å². The van der Waals surface area contributed by atoms with Gasteiger partial charge in [0, 0.05) is 27.6 Å². The molecule has 0 unspecified atom stereocenters. The van der Waals surface area contributed by atoms with Crippen molar-refractivity contribution in [2.75, 3.05) is 0 Å². The standard InChI is InChI=1S/C39H27N2O2/c1-24-16-19-31-28-12-6-9-15-34(28)43-38(31)37(24)39-40(2)32-13-7-8-14-33(32)41(39)27-18-21-30-29-20-17-26(25-10-4-3-5-11-25)22-35(29)42-36(30)23-27/h3-23H,1-2H3/q+1. The molecule has 0 spiro atoms. The molecule has 0 saturated carbocycles. The Morgan fingerprint density at radius 3 is 2.14 bits per heavy atom. The van der Waals surface area contributed by atoms with Crippen LogP contribution in [0, 0.1) is 6.92 Å². The van der Waals surface area contributed by atoms with Crippen molar-refractivity contribution in [2.24, 2.45) is 7.05 Å². The molecule has 0 fully saturated rings. The van der Waals surface area contributed by atoms with Gasteiger partial charge in [0.25, 0.3) is 5.82 Å². The fraction of sp³-hybridized carbons (Fsp3) is 0.0513. The Balaban J connectivity index is 1.31. The summed E-state index contributed by atoms with van der Waals surface area (Å²) < 4.78 is 17.7. The molecule has 0 aliphatic rings. The highest BCUT2D eigenvalue weighted by Gasteiger charge is 2.30. The molecule has 0 aliphatic carbocycles. The second-order valence-corrected chi connectivity index (χ2v) is 11.3. The molecule has 0 aliphatic heterocycles. The number of hydrogen-bond acceptors (Lipinski definition) is 2. The molecule has 9 aromatic rings. The number of aromatic nitrogens is 2. The molecular formula is C39H27N2O2+. The van der Waals surface area contributed by atoms with E-state index in [1.807, 2.05) is 18.2 Å². The molecule has 4 nitrogen and oxygen atoms in total. The number of benzene rings is 6. The summed E-state index contributed by atoms with van der Waals surface area (Å²) in [5.41, 5.74) is 11.4. The van der Waals surface area contributed by atoms with Crippen molar-refractivity contribution in [3.63, 3.8) is 0 Å². The Bertz CT molecular complexity index is 2530. The van der Waals surface area contributed by atoms with Crippen LogP contribution in [0.1, 0.15) is 5.56 Å². The van der Waals surface area contributed by atoms with Crippen LogP contribution >= 0.6 is 0 Å². The topological polar surface area (TPSA) is 35.1 Å². The first-order chi connectivity index (χ1) is 21.2. The number of furan rings is 2. The first-order valence-electron chi connectivity index (χ1n) is 14.6. The lowest BCUT2D eigenvalue weighted by Crippen LogP contribution is -2.30. The molecule has 0 bridgehead atoms. The fourth-order valence-electron chi connectivity index (χ4n) is 6.74. The van der Waals surface area contributed by atoms with Crippen LogP contribution in [0.5, 0.6) is 0 Å². The van der Waals surface area contributed by atoms with Gasteiger partial charge in [-0.25, -0.2) is 4.57 Å². The number of rotatable bonds is 3. The Kier molecular flexibility index (Phi) is 5.00. The zero-order valence-corrected chi connectivity index (χ0v) is 23.8. The van der Waals surface area contributed by atoms with E-state index in [1.54, 1.807) is 0 Å². The Labute approximate surface area is 247 Å². The van der Waals surface area contributed by atoms with Gasteiger partial charge in [-0.05, 0) is 66.1 Å². The molecule has 43 heavy (non-hydrogen) atoms. The number of aryl methyl sites for hydroxylation is 2. The molecular weight excluding hydrogens is 528 g/mol. The first kappa shape index (κ1) is 24.0. The second kappa shape index (κ2) is 8.94.